The smallest absolute Gasteiger partial charge is 0.270 e. The molecule has 1 heterocycles. The predicted octanol–water partition coefficient (Wildman–Crippen LogP) is 2.48. The van der Waals surface area contributed by atoms with Gasteiger partial charge in [0.2, 0.25) is 5.91 Å². The van der Waals surface area contributed by atoms with Gasteiger partial charge >= 0.3 is 0 Å². The Morgan fingerprint density at radius 1 is 1.36 bits per heavy atom. The van der Waals surface area contributed by atoms with E-state index in [1.807, 2.05) is 51.1 Å². The lowest BCUT2D eigenvalue weighted by Gasteiger charge is -2.08. The molecule has 0 aliphatic rings. The molecule has 2 aromatic rings. The summed E-state index contributed by atoms with van der Waals surface area (Å²) in [6.45, 7) is 6.59. The third-order valence-electron chi connectivity index (χ3n) is 3.38. The molecule has 1 aromatic heterocycles. The number of aromatic nitrogens is 2. The number of benzene rings is 1. The monoisotopic (exact) mass is 356 g/mol. The number of carbonyl (C=O) groups is 1. The van der Waals surface area contributed by atoms with Crippen molar-refractivity contribution in [3.05, 3.63) is 45.7 Å². The van der Waals surface area contributed by atoms with Crippen LogP contribution in [0.1, 0.15) is 25.0 Å². The van der Waals surface area contributed by atoms with Crippen LogP contribution in [0.4, 0.5) is 0 Å². The van der Waals surface area contributed by atoms with E-state index in [0.717, 1.165) is 17.3 Å². The van der Waals surface area contributed by atoms with Crippen molar-refractivity contribution in [2.75, 3.05) is 12.3 Å². The molecule has 0 saturated heterocycles. The van der Waals surface area contributed by atoms with Crippen LogP contribution in [0.2, 0.25) is 0 Å². The summed E-state index contributed by atoms with van der Waals surface area (Å²) in [5.74, 6) is 0.395. The summed E-state index contributed by atoms with van der Waals surface area (Å²) >= 11 is 1.14. The van der Waals surface area contributed by atoms with Crippen molar-refractivity contribution < 1.29 is 4.79 Å². The number of nitrogens with zero attached hydrogens (tertiary/aromatic N) is 2. The Morgan fingerprint density at radius 2 is 2.04 bits per heavy atom. The highest BCUT2D eigenvalue weighted by Gasteiger charge is 2.14. The molecule has 25 heavy (non-hydrogen) atoms. The van der Waals surface area contributed by atoms with Crippen LogP contribution in [0.15, 0.2) is 34.2 Å². The number of amides is 1. The number of hydrogen-bond donors (Lipinski definition) is 2. The third kappa shape index (κ3) is 5.19. The molecule has 0 saturated carbocycles. The first-order valence-corrected chi connectivity index (χ1v) is 8.90. The van der Waals surface area contributed by atoms with Crippen LogP contribution in [0, 0.1) is 24.2 Å². The summed E-state index contributed by atoms with van der Waals surface area (Å²) in [5, 5.41) is 12.4. The number of hydrogen-bond acceptors (Lipinski definition) is 5. The maximum absolute atomic E-state index is 12.2. The molecule has 1 amide bonds. The molecule has 130 valence electrons. The number of aryl methyl sites for hydroxylation is 1. The van der Waals surface area contributed by atoms with E-state index in [2.05, 4.69) is 15.3 Å². The Kier molecular flexibility index (Phi) is 6.37. The van der Waals surface area contributed by atoms with Gasteiger partial charge in [-0.25, -0.2) is 4.98 Å². The molecule has 0 unspecified atom stereocenters. The lowest BCUT2D eigenvalue weighted by molar-refractivity contribution is -0.118. The van der Waals surface area contributed by atoms with Gasteiger partial charge in [-0.3, -0.25) is 9.59 Å². The van der Waals surface area contributed by atoms with E-state index in [9.17, 15) is 14.9 Å². The molecule has 0 spiro atoms. The van der Waals surface area contributed by atoms with Crippen molar-refractivity contribution in [3.63, 3.8) is 0 Å². The molecular weight excluding hydrogens is 336 g/mol. The maximum Gasteiger partial charge on any atom is 0.270 e. The summed E-state index contributed by atoms with van der Waals surface area (Å²) in [7, 11) is 0. The molecule has 0 aliphatic carbocycles. The standard InChI is InChI=1S/C18H20N4O2S/c1-11(2)9-20-15(23)10-25-18-21-16(14(8-19)17(24)22-18)13-6-4-12(3)5-7-13/h4-7,11H,9-10H2,1-3H3,(H,20,23)(H,21,22,24). The molecule has 0 atom stereocenters. The van der Waals surface area contributed by atoms with Crippen molar-refractivity contribution in [1.29, 1.82) is 5.26 Å². The van der Waals surface area contributed by atoms with Crippen LogP contribution < -0.4 is 10.9 Å². The summed E-state index contributed by atoms with van der Waals surface area (Å²) in [4.78, 5) is 30.9. The average Bonchev–Trinajstić information content (AvgIpc) is 2.58. The van der Waals surface area contributed by atoms with E-state index in [-0.39, 0.29) is 17.2 Å². The number of rotatable bonds is 6. The zero-order valence-corrected chi connectivity index (χ0v) is 15.2. The van der Waals surface area contributed by atoms with Crippen molar-refractivity contribution in [2.45, 2.75) is 25.9 Å². The van der Waals surface area contributed by atoms with E-state index in [4.69, 9.17) is 0 Å². The van der Waals surface area contributed by atoms with Gasteiger partial charge in [0, 0.05) is 12.1 Å². The van der Waals surface area contributed by atoms with Crippen LogP contribution in [0.5, 0.6) is 0 Å². The van der Waals surface area contributed by atoms with Crippen LogP contribution >= 0.6 is 11.8 Å². The zero-order chi connectivity index (χ0) is 18.4. The molecule has 0 aliphatic heterocycles. The van der Waals surface area contributed by atoms with Crippen molar-refractivity contribution >= 4 is 17.7 Å². The molecule has 0 radical (unpaired) electrons. The summed E-state index contributed by atoms with van der Waals surface area (Å²) < 4.78 is 0. The highest BCUT2D eigenvalue weighted by atomic mass is 32.2. The molecule has 1 aromatic carbocycles. The Labute approximate surface area is 150 Å². The Morgan fingerprint density at radius 3 is 2.64 bits per heavy atom. The van der Waals surface area contributed by atoms with Crippen molar-refractivity contribution in [2.24, 2.45) is 5.92 Å². The van der Waals surface area contributed by atoms with Gasteiger partial charge in [-0.1, -0.05) is 55.4 Å². The molecule has 2 rings (SSSR count). The fraction of sp³-hybridized carbons (Fsp3) is 0.333. The van der Waals surface area contributed by atoms with Gasteiger partial charge in [0.25, 0.3) is 5.56 Å². The van der Waals surface area contributed by atoms with Crippen LogP contribution in [0.3, 0.4) is 0 Å². The first-order chi connectivity index (χ1) is 11.9. The van der Waals surface area contributed by atoms with Gasteiger partial charge in [0.1, 0.15) is 11.6 Å². The SMILES string of the molecule is Cc1ccc(-c2nc(SCC(=O)NCC(C)C)[nH]c(=O)c2C#N)cc1. The normalized spacial score (nSPS) is 10.5. The Bertz CT molecular complexity index is 851. The minimum atomic E-state index is -0.502. The summed E-state index contributed by atoms with van der Waals surface area (Å²) in [6.07, 6.45) is 0. The lowest BCUT2D eigenvalue weighted by atomic mass is 10.1. The van der Waals surface area contributed by atoms with E-state index < -0.39 is 5.56 Å². The van der Waals surface area contributed by atoms with Gasteiger partial charge in [-0.15, -0.1) is 0 Å². The quantitative estimate of drug-likeness (QED) is 0.612. The third-order valence-corrected chi connectivity index (χ3v) is 4.26. The fourth-order valence-electron chi connectivity index (χ4n) is 2.05. The van der Waals surface area contributed by atoms with Gasteiger partial charge in [-0.05, 0) is 12.8 Å². The Balaban J connectivity index is 2.24. The number of nitrogens with one attached hydrogen (secondary N) is 2. The minimum absolute atomic E-state index is 0.0301. The number of nitriles is 1. The zero-order valence-electron chi connectivity index (χ0n) is 14.4. The van der Waals surface area contributed by atoms with Crippen LogP contribution in [-0.4, -0.2) is 28.2 Å². The second-order valence-electron chi connectivity index (χ2n) is 6.06. The largest absolute Gasteiger partial charge is 0.355 e. The molecule has 7 heteroatoms. The van der Waals surface area contributed by atoms with Gasteiger partial charge < -0.3 is 10.3 Å². The number of thioether (sulfide) groups is 1. The topological polar surface area (TPSA) is 98.6 Å². The average molecular weight is 356 g/mol. The molecule has 6 nitrogen and oxygen atoms in total. The fourth-order valence-corrected chi connectivity index (χ4v) is 2.74. The number of carbonyl (C=O) groups excluding carboxylic acids is 1. The predicted molar refractivity (Wildman–Crippen MR) is 98.3 cm³/mol. The number of H-pyrrole nitrogens is 1. The van der Waals surface area contributed by atoms with E-state index in [0.29, 0.717) is 28.9 Å². The molecule has 2 N–H and O–H groups in total. The molecule has 0 bridgehead atoms. The Hall–Kier alpha value is -2.59. The van der Waals surface area contributed by atoms with E-state index in [1.54, 1.807) is 0 Å². The van der Waals surface area contributed by atoms with Gasteiger partial charge in [0.05, 0.1) is 11.4 Å². The number of aromatic amines is 1. The van der Waals surface area contributed by atoms with Gasteiger partial charge in [-0.2, -0.15) is 5.26 Å². The van der Waals surface area contributed by atoms with E-state index >= 15 is 0 Å². The summed E-state index contributed by atoms with van der Waals surface area (Å²) in [6, 6.07) is 9.34. The molecule has 0 fully saturated rings. The highest BCUT2D eigenvalue weighted by Crippen LogP contribution is 2.22. The van der Waals surface area contributed by atoms with E-state index in [1.165, 1.54) is 0 Å². The second-order valence-corrected chi connectivity index (χ2v) is 7.02. The summed E-state index contributed by atoms with van der Waals surface area (Å²) in [5.41, 5.74) is 1.56. The van der Waals surface area contributed by atoms with Gasteiger partial charge in [0.15, 0.2) is 5.16 Å². The van der Waals surface area contributed by atoms with Crippen LogP contribution in [0.25, 0.3) is 11.3 Å². The first-order valence-electron chi connectivity index (χ1n) is 7.91. The highest BCUT2D eigenvalue weighted by molar-refractivity contribution is 7.99. The van der Waals surface area contributed by atoms with Crippen molar-refractivity contribution in [1.82, 2.24) is 15.3 Å². The maximum atomic E-state index is 12.2. The van der Waals surface area contributed by atoms with Crippen molar-refractivity contribution in [3.8, 4) is 17.3 Å². The first kappa shape index (κ1) is 18.7. The molecular formula is C18H20N4O2S. The minimum Gasteiger partial charge on any atom is -0.355 e. The second kappa shape index (κ2) is 8.49. The van der Waals surface area contributed by atoms with Crippen LogP contribution in [-0.2, 0) is 4.79 Å². The lowest BCUT2D eigenvalue weighted by Crippen LogP contribution is -2.29.